The van der Waals surface area contributed by atoms with Crippen LogP contribution in [0.4, 0.5) is 11.6 Å². The molecule has 4 aromatic heterocycles. The van der Waals surface area contributed by atoms with Crippen LogP contribution in [0.2, 0.25) is 10.6 Å². The minimum Gasteiger partial charge on any atom is -0.383 e. The number of halogens is 2. The molecule has 42 heavy (non-hydrogen) atoms. The molecule has 3 aliphatic heterocycles. The predicted octanol–water partition coefficient (Wildman–Crippen LogP) is 2.65. The van der Waals surface area contributed by atoms with Crippen LogP contribution in [0.25, 0.3) is 22.3 Å². The highest BCUT2D eigenvalue weighted by Gasteiger charge is 2.34. The summed E-state index contributed by atoms with van der Waals surface area (Å²) < 4.78 is 18.7. The molecule has 3 aliphatic rings. The van der Waals surface area contributed by atoms with Crippen LogP contribution in [0.1, 0.15) is 39.3 Å². The second-order valence-electron chi connectivity index (χ2n) is 11.3. The summed E-state index contributed by atoms with van der Waals surface area (Å²) >= 11 is 12.1. The van der Waals surface area contributed by atoms with Crippen molar-refractivity contribution in [3.63, 3.8) is 0 Å². The maximum Gasteiger partial charge on any atom is 0.226 e. The standard InChI is InChI=1S/C14H18ClN5O2.C12H16ClN5O2/c1-14(2)12-16-9-10(19-3-6-21-7-4-19)17-13(15)18-11(9)20(12)5-8-22-14;1-12(2,19)10-14-7-8(15-10)16-11(13)17-9(7)18-3-5-20-6-4-18/h3-8H2,1-2H3;19H,3-6H2,1-2H3,(H,14,15,16,17). The van der Waals surface area contributed by atoms with Crippen molar-refractivity contribution < 1.29 is 19.3 Å². The number of fused-ring (bicyclic) bond motifs is 4. The first kappa shape index (κ1) is 29.2. The van der Waals surface area contributed by atoms with E-state index in [0.717, 1.165) is 55.5 Å². The molecular weight excluding hydrogens is 587 g/mol. The summed E-state index contributed by atoms with van der Waals surface area (Å²) in [4.78, 5) is 33.7. The molecule has 7 heterocycles. The number of ether oxygens (including phenoxy) is 3. The second-order valence-corrected chi connectivity index (χ2v) is 12.0. The summed E-state index contributed by atoms with van der Waals surface area (Å²) in [5, 5.41) is 10.4. The number of anilines is 2. The smallest absolute Gasteiger partial charge is 0.226 e. The minimum absolute atomic E-state index is 0.146. The summed E-state index contributed by atoms with van der Waals surface area (Å²) in [7, 11) is 0. The van der Waals surface area contributed by atoms with Crippen molar-refractivity contribution >= 4 is 57.2 Å². The topological polar surface area (TPSA) is 152 Å². The summed E-state index contributed by atoms with van der Waals surface area (Å²) in [6.45, 7) is 14.4. The van der Waals surface area contributed by atoms with Gasteiger partial charge in [0.2, 0.25) is 10.6 Å². The van der Waals surface area contributed by atoms with Crippen LogP contribution in [0.5, 0.6) is 0 Å². The first-order valence-electron chi connectivity index (χ1n) is 13.9. The monoisotopic (exact) mass is 620 g/mol. The van der Waals surface area contributed by atoms with Crippen molar-refractivity contribution in [2.45, 2.75) is 45.4 Å². The van der Waals surface area contributed by atoms with Crippen LogP contribution in [0.15, 0.2) is 0 Å². The summed E-state index contributed by atoms with van der Waals surface area (Å²) in [5.41, 5.74) is 1.22. The van der Waals surface area contributed by atoms with Gasteiger partial charge >= 0.3 is 0 Å². The van der Waals surface area contributed by atoms with Gasteiger partial charge in [-0.25, -0.2) is 9.97 Å². The molecule has 4 aromatic rings. The van der Waals surface area contributed by atoms with Crippen LogP contribution in [-0.2, 0) is 32.0 Å². The van der Waals surface area contributed by atoms with Crippen molar-refractivity contribution in [1.29, 1.82) is 0 Å². The second kappa shape index (κ2) is 11.3. The molecular formula is C26H34Cl2N10O4. The van der Waals surface area contributed by atoms with E-state index >= 15 is 0 Å². The zero-order chi connectivity index (χ0) is 29.6. The van der Waals surface area contributed by atoms with Crippen molar-refractivity contribution in [2.75, 3.05) is 69.0 Å². The molecule has 226 valence electrons. The molecule has 0 bridgehead atoms. The van der Waals surface area contributed by atoms with Gasteiger partial charge in [0.15, 0.2) is 28.4 Å². The third-order valence-electron chi connectivity index (χ3n) is 7.37. The molecule has 0 aromatic carbocycles. The van der Waals surface area contributed by atoms with Gasteiger partial charge in [0.05, 0.1) is 33.0 Å². The number of nitrogens with zero attached hydrogens (tertiary/aromatic N) is 9. The molecule has 16 heteroatoms. The van der Waals surface area contributed by atoms with Crippen molar-refractivity contribution in [1.82, 2.24) is 39.5 Å². The lowest BCUT2D eigenvalue weighted by atomic mass is 10.1. The maximum atomic E-state index is 10.1. The molecule has 14 nitrogen and oxygen atoms in total. The van der Waals surface area contributed by atoms with Crippen molar-refractivity contribution in [3.8, 4) is 0 Å². The number of hydrogen-bond acceptors (Lipinski definition) is 12. The number of aliphatic hydroxyl groups is 1. The molecule has 2 saturated heterocycles. The molecule has 0 atom stereocenters. The van der Waals surface area contributed by atoms with E-state index in [9.17, 15) is 5.11 Å². The van der Waals surface area contributed by atoms with Crippen LogP contribution in [0, 0.1) is 0 Å². The Kier molecular flexibility index (Phi) is 7.87. The van der Waals surface area contributed by atoms with Gasteiger partial charge in [-0.15, -0.1) is 0 Å². The largest absolute Gasteiger partial charge is 0.383 e. The van der Waals surface area contributed by atoms with Crippen LogP contribution in [0.3, 0.4) is 0 Å². The number of aromatic nitrogens is 8. The molecule has 0 aliphatic carbocycles. The molecule has 0 amide bonds. The number of rotatable bonds is 3. The highest BCUT2D eigenvalue weighted by atomic mass is 35.5. The van der Waals surface area contributed by atoms with Crippen molar-refractivity contribution in [3.05, 3.63) is 22.2 Å². The zero-order valence-electron chi connectivity index (χ0n) is 24.0. The lowest BCUT2D eigenvalue weighted by Crippen LogP contribution is -2.37. The Hall–Kier alpha value is -2.88. The van der Waals surface area contributed by atoms with E-state index in [-0.39, 0.29) is 10.6 Å². The van der Waals surface area contributed by atoms with Gasteiger partial charge in [0, 0.05) is 32.7 Å². The fourth-order valence-electron chi connectivity index (χ4n) is 5.23. The molecule has 0 unspecified atom stereocenters. The highest BCUT2D eigenvalue weighted by molar-refractivity contribution is 6.29. The van der Waals surface area contributed by atoms with Crippen LogP contribution >= 0.6 is 23.2 Å². The number of imidazole rings is 2. The Morgan fingerprint density at radius 3 is 2.02 bits per heavy atom. The Morgan fingerprint density at radius 2 is 1.38 bits per heavy atom. The summed E-state index contributed by atoms with van der Waals surface area (Å²) in [5.74, 6) is 2.81. The number of morpholine rings is 2. The van der Waals surface area contributed by atoms with E-state index in [1.807, 2.05) is 13.8 Å². The Morgan fingerprint density at radius 1 is 0.786 bits per heavy atom. The molecule has 2 N–H and O–H groups in total. The zero-order valence-corrected chi connectivity index (χ0v) is 25.5. The SMILES string of the molecule is CC(C)(O)c1nc2nc(Cl)nc(N3CCOCC3)c2[nH]1.CC1(C)OCCn2c1nc1c(N3CCOCC3)nc(Cl)nc12. The molecule has 7 rings (SSSR count). The fourth-order valence-corrected chi connectivity index (χ4v) is 5.55. The van der Waals surface area contributed by atoms with Gasteiger partial charge in [-0.3, -0.25) is 0 Å². The van der Waals surface area contributed by atoms with E-state index < -0.39 is 11.2 Å². The third kappa shape index (κ3) is 5.71. The van der Waals surface area contributed by atoms with Crippen molar-refractivity contribution in [2.24, 2.45) is 0 Å². The maximum absolute atomic E-state index is 10.1. The lowest BCUT2D eigenvalue weighted by molar-refractivity contribution is -0.0530. The molecule has 0 saturated carbocycles. The lowest BCUT2D eigenvalue weighted by Gasteiger charge is -2.30. The van der Waals surface area contributed by atoms with Gasteiger partial charge in [-0.1, -0.05) is 0 Å². The van der Waals surface area contributed by atoms with Gasteiger partial charge < -0.3 is 38.7 Å². The minimum atomic E-state index is -1.07. The third-order valence-corrected chi connectivity index (χ3v) is 7.71. The number of H-pyrrole nitrogens is 1. The summed E-state index contributed by atoms with van der Waals surface area (Å²) in [6, 6.07) is 0. The predicted molar refractivity (Wildman–Crippen MR) is 157 cm³/mol. The van der Waals surface area contributed by atoms with E-state index in [1.54, 1.807) is 13.8 Å². The average Bonchev–Trinajstić information content (AvgIpc) is 3.56. The van der Waals surface area contributed by atoms with Gasteiger partial charge in [-0.05, 0) is 50.9 Å². The Labute approximate surface area is 252 Å². The number of nitrogens with one attached hydrogen (secondary N) is 1. The first-order chi connectivity index (χ1) is 20.0. The van der Waals surface area contributed by atoms with Crippen LogP contribution < -0.4 is 9.80 Å². The summed E-state index contributed by atoms with van der Waals surface area (Å²) in [6.07, 6.45) is 0. The Bertz CT molecular complexity index is 1590. The van der Waals surface area contributed by atoms with Crippen LogP contribution in [-0.4, -0.2) is 104 Å². The van der Waals surface area contributed by atoms with E-state index in [1.165, 1.54) is 0 Å². The number of hydrogen-bond donors (Lipinski definition) is 2. The molecule has 0 spiro atoms. The molecule has 0 radical (unpaired) electrons. The van der Waals surface area contributed by atoms with Gasteiger partial charge in [0.1, 0.15) is 28.4 Å². The average molecular weight is 622 g/mol. The van der Waals surface area contributed by atoms with E-state index in [2.05, 4.69) is 44.3 Å². The highest BCUT2D eigenvalue weighted by Crippen LogP contribution is 2.34. The van der Waals surface area contributed by atoms with E-state index in [4.69, 9.17) is 42.4 Å². The van der Waals surface area contributed by atoms with Gasteiger partial charge in [-0.2, -0.15) is 19.9 Å². The van der Waals surface area contributed by atoms with Gasteiger partial charge in [0.25, 0.3) is 0 Å². The first-order valence-corrected chi connectivity index (χ1v) is 14.7. The normalized spacial score (nSPS) is 19.1. The number of aromatic amines is 1. The quantitative estimate of drug-likeness (QED) is 0.324. The fraction of sp³-hybridized carbons (Fsp3) is 0.615. The van der Waals surface area contributed by atoms with E-state index in [0.29, 0.717) is 55.8 Å². The Balaban J connectivity index is 0.000000151. The molecule has 2 fully saturated rings.